The van der Waals surface area contributed by atoms with E-state index in [4.69, 9.17) is 4.74 Å². The molecule has 0 saturated carbocycles. The monoisotopic (exact) mass is 359 g/mol. The lowest BCUT2D eigenvalue weighted by Gasteiger charge is -2.27. The van der Waals surface area contributed by atoms with Gasteiger partial charge in [0.1, 0.15) is 6.29 Å². The van der Waals surface area contributed by atoms with Crippen molar-refractivity contribution in [2.45, 2.75) is 77.2 Å². The Labute approximate surface area is 158 Å². The molecule has 4 nitrogen and oxygen atoms in total. The summed E-state index contributed by atoms with van der Waals surface area (Å²) in [7, 11) is 0. The first kappa shape index (κ1) is 20.5. The quantitative estimate of drug-likeness (QED) is 0.266. The molecule has 0 fully saturated rings. The van der Waals surface area contributed by atoms with Crippen LogP contribution in [0.3, 0.4) is 0 Å². The molecule has 0 N–H and O–H groups in total. The SMILES string of the molecule is CCCCCCCCCCCC(=O)OCN1C=C(C=O)C2C=CC=CC21. The summed E-state index contributed by atoms with van der Waals surface area (Å²) in [6.07, 6.45) is 22.3. The van der Waals surface area contributed by atoms with E-state index in [0.29, 0.717) is 6.42 Å². The Bertz CT molecular complexity index is 536. The fourth-order valence-electron chi connectivity index (χ4n) is 3.62. The molecule has 0 saturated heterocycles. The molecule has 0 aromatic rings. The van der Waals surface area contributed by atoms with Crippen LogP contribution in [0.5, 0.6) is 0 Å². The molecule has 144 valence electrons. The lowest BCUT2D eigenvalue weighted by molar-refractivity contribution is -0.147. The van der Waals surface area contributed by atoms with Gasteiger partial charge in [-0.3, -0.25) is 9.59 Å². The Morgan fingerprint density at radius 2 is 1.69 bits per heavy atom. The molecule has 2 atom stereocenters. The smallest absolute Gasteiger partial charge is 0.307 e. The summed E-state index contributed by atoms with van der Waals surface area (Å²) in [5, 5.41) is 0. The van der Waals surface area contributed by atoms with E-state index in [0.717, 1.165) is 24.7 Å². The molecule has 0 radical (unpaired) electrons. The van der Waals surface area contributed by atoms with Gasteiger partial charge in [-0.05, 0) is 6.42 Å². The first-order chi connectivity index (χ1) is 12.8. The fraction of sp³-hybridized carbons (Fsp3) is 0.636. The van der Waals surface area contributed by atoms with Gasteiger partial charge in [-0.15, -0.1) is 0 Å². The van der Waals surface area contributed by atoms with E-state index >= 15 is 0 Å². The zero-order valence-electron chi connectivity index (χ0n) is 16.1. The summed E-state index contributed by atoms with van der Waals surface area (Å²) in [4.78, 5) is 25.1. The van der Waals surface area contributed by atoms with Crippen molar-refractivity contribution in [2.75, 3.05) is 6.73 Å². The molecular formula is C22H33NO3. The average Bonchev–Trinajstić information content (AvgIpc) is 3.03. The van der Waals surface area contributed by atoms with Gasteiger partial charge in [-0.25, -0.2) is 0 Å². The molecule has 1 aliphatic carbocycles. The van der Waals surface area contributed by atoms with Crippen molar-refractivity contribution in [3.63, 3.8) is 0 Å². The Morgan fingerprint density at radius 1 is 1.04 bits per heavy atom. The van der Waals surface area contributed by atoms with Crippen molar-refractivity contribution in [1.82, 2.24) is 4.90 Å². The number of esters is 1. The van der Waals surface area contributed by atoms with Gasteiger partial charge in [0, 0.05) is 24.1 Å². The van der Waals surface area contributed by atoms with Crippen LogP contribution in [0.2, 0.25) is 0 Å². The zero-order chi connectivity index (χ0) is 18.6. The molecule has 0 aromatic carbocycles. The lowest BCUT2D eigenvalue weighted by atomic mass is 9.92. The van der Waals surface area contributed by atoms with Crippen LogP contribution in [-0.2, 0) is 14.3 Å². The Morgan fingerprint density at radius 3 is 2.38 bits per heavy atom. The molecule has 2 aliphatic rings. The molecule has 1 heterocycles. The molecule has 0 amide bonds. The van der Waals surface area contributed by atoms with Crippen molar-refractivity contribution in [3.05, 3.63) is 36.1 Å². The molecule has 2 unspecified atom stereocenters. The molecule has 26 heavy (non-hydrogen) atoms. The van der Waals surface area contributed by atoms with Crippen LogP contribution in [-0.4, -0.2) is 29.9 Å². The second-order valence-corrected chi connectivity index (χ2v) is 7.27. The van der Waals surface area contributed by atoms with Crippen LogP contribution < -0.4 is 0 Å². The maximum Gasteiger partial charge on any atom is 0.307 e. The molecule has 2 rings (SSSR count). The molecule has 0 bridgehead atoms. The number of allylic oxidation sites excluding steroid dienone is 2. The molecule has 1 aliphatic heterocycles. The maximum atomic E-state index is 11.9. The third kappa shape index (κ3) is 6.47. The third-order valence-corrected chi connectivity index (χ3v) is 5.18. The van der Waals surface area contributed by atoms with Crippen LogP contribution in [0.1, 0.15) is 71.1 Å². The number of carbonyl (C=O) groups is 2. The second kappa shape index (κ2) is 11.7. The second-order valence-electron chi connectivity index (χ2n) is 7.27. The summed E-state index contributed by atoms with van der Waals surface area (Å²) in [5.74, 6) is -0.0682. The Kier molecular flexibility index (Phi) is 9.22. The first-order valence-corrected chi connectivity index (χ1v) is 10.2. The molecular weight excluding hydrogens is 326 g/mol. The Balaban J connectivity index is 1.55. The van der Waals surface area contributed by atoms with E-state index in [-0.39, 0.29) is 24.7 Å². The summed E-state index contributed by atoms with van der Waals surface area (Å²) in [6.45, 7) is 2.45. The number of ether oxygens (including phenoxy) is 1. The fourth-order valence-corrected chi connectivity index (χ4v) is 3.62. The highest BCUT2D eigenvalue weighted by Crippen LogP contribution is 2.31. The minimum absolute atomic E-state index is 0.0773. The summed E-state index contributed by atoms with van der Waals surface area (Å²) < 4.78 is 5.41. The van der Waals surface area contributed by atoms with Gasteiger partial charge in [-0.2, -0.15) is 0 Å². The van der Waals surface area contributed by atoms with Gasteiger partial charge in [0.2, 0.25) is 0 Å². The number of carbonyl (C=O) groups excluding carboxylic acids is 2. The predicted octanol–water partition coefficient (Wildman–Crippen LogP) is 4.92. The van der Waals surface area contributed by atoms with E-state index in [1.54, 1.807) is 0 Å². The Hall–Kier alpha value is -1.84. The van der Waals surface area contributed by atoms with Gasteiger partial charge in [0.15, 0.2) is 6.73 Å². The molecule has 0 aromatic heterocycles. The minimum Gasteiger partial charge on any atom is -0.444 e. The standard InChI is InChI=1S/C22H33NO3/c1-2-3-4-5-6-7-8-9-10-15-22(25)26-18-23-16-19(17-24)20-13-11-12-14-21(20)23/h11-14,16-17,20-21H,2-10,15,18H2,1H3. The number of aldehydes is 1. The highest BCUT2D eigenvalue weighted by molar-refractivity contribution is 5.76. The van der Waals surface area contributed by atoms with Crippen LogP contribution in [0, 0.1) is 5.92 Å². The highest BCUT2D eigenvalue weighted by atomic mass is 16.5. The maximum absolute atomic E-state index is 11.9. The summed E-state index contributed by atoms with van der Waals surface area (Å²) in [5.41, 5.74) is 0.741. The average molecular weight is 360 g/mol. The summed E-state index contributed by atoms with van der Waals surface area (Å²) in [6, 6.07) is 0.0840. The van der Waals surface area contributed by atoms with Crippen molar-refractivity contribution in [3.8, 4) is 0 Å². The number of fused-ring (bicyclic) bond motifs is 1. The van der Waals surface area contributed by atoms with Crippen LogP contribution in [0.25, 0.3) is 0 Å². The summed E-state index contributed by atoms with van der Waals surface area (Å²) >= 11 is 0. The van der Waals surface area contributed by atoms with E-state index in [9.17, 15) is 9.59 Å². The van der Waals surface area contributed by atoms with Crippen LogP contribution in [0.15, 0.2) is 36.1 Å². The zero-order valence-corrected chi connectivity index (χ0v) is 16.1. The van der Waals surface area contributed by atoms with Crippen LogP contribution in [0.4, 0.5) is 0 Å². The number of nitrogens with zero attached hydrogens (tertiary/aromatic N) is 1. The number of hydrogen-bond acceptors (Lipinski definition) is 4. The van der Waals surface area contributed by atoms with Gasteiger partial charge < -0.3 is 9.64 Å². The molecule has 0 spiro atoms. The van der Waals surface area contributed by atoms with Crippen LogP contribution >= 0.6 is 0 Å². The van der Waals surface area contributed by atoms with Crippen molar-refractivity contribution < 1.29 is 14.3 Å². The van der Waals surface area contributed by atoms with E-state index < -0.39 is 0 Å². The van der Waals surface area contributed by atoms with E-state index in [2.05, 4.69) is 6.92 Å². The topological polar surface area (TPSA) is 46.6 Å². The van der Waals surface area contributed by atoms with Crippen molar-refractivity contribution in [1.29, 1.82) is 0 Å². The minimum atomic E-state index is -0.146. The number of hydrogen-bond donors (Lipinski definition) is 0. The third-order valence-electron chi connectivity index (χ3n) is 5.18. The lowest BCUT2D eigenvalue weighted by Crippen LogP contribution is -2.33. The number of rotatable bonds is 13. The van der Waals surface area contributed by atoms with Gasteiger partial charge in [0.05, 0.1) is 6.04 Å². The highest BCUT2D eigenvalue weighted by Gasteiger charge is 2.33. The largest absolute Gasteiger partial charge is 0.444 e. The van der Waals surface area contributed by atoms with Gasteiger partial charge in [0.25, 0.3) is 0 Å². The van der Waals surface area contributed by atoms with E-state index in [1.165, 1.54) is 44.9 Å². The van der Waals surface area contributed by atoms with Crippen molar-refractivity contribution in [2.24, 2.45) is 5.92 Å². The molecule has 4 heteroatoms. The number of unbranched alkanes of at least 4 members (excludes halogenated alkanes) is 8. The predicted molar refractivity (Wildman–Crippen MR) is 104 cm³/mol. The normalized spacial score (nSPS) is 20.8. The first-order valence-electron chi connectivity index (χ1n) is 10.2. The van der Waals surface area contributed by atoms with E-state index in [1.807, 2.05) is 35.4 Å². The van der Waals surface area contributed by atoms with Gasteiger partial charge in [-0.1, -0.05) is 82.6 Å². The van der Waals surface area contributed by atoms with Gasteiger partial charge >= 0.3 is 5.97 Å². The van der Waals surface area contributed by atoms with Crippen molar-refractivity contribution >= 4 is 12.3 Å².